The average Bonchev–Trinajstić information content (AvgIpc) is 2.62. The monoisotopic (exact) mass is 402 g/mol. The van der Waals surface area contributed by atoms with E-state index in [0.29, 0.717) is 12.4 Å². The molecule has 1 N–H and O–H groups in total. The lowest BCUT2D eigenvalue weighted by Gasteiger charge is -2.13. The van der Waals surface area contributed by atoms with E-state index in [0.717, 1.165) is 15.6 Å². The number of halogens is 1. The molecule has 0 spiro atoms. The van der Waals surface area contributed by atoms with Gasteiger partial charge in [0.15, 0.2) is 6.10 Å². The lowest BCUT2D eigenvalue weighted by atomic mass is 10.1. The summed E-state index contributed by atoms with van der Waals surface area (Å²) >= 11 is 3.41. The number of nitrogens with zero attached hydrogens (tertiary/aromatic N) is 1. The molecule has 0 saturated carbocycles. The second kappa shape index (κ2) is 9.76. The number of ether oxygens (including phenoxy) is 2. The van der Waals surface area contributed by atoms with Crippen LogP contribution in [0.2, 0.25) is 0 Å². The predicted molar refractivity (Wildman–Crippen MR) is 102 cm³/mol. The molecule has 25 heavy (non-hydrogen) atoms. The van der Waals surface area contributed by atoms with Gasteiger partial charge in [-0.1, -0.05) is 58.9 Å². The van der Waals surface area contributed by atoms with Crippen molar-refractivity contribution >= 4 is 28.1 Å². The number of benzene rings is 2. The Morgan fingerprint density at radius 2 is 2.08 bits per heavy atom. The van der Waals surface area contributed by atoms with Gasteiger partial charge >= 0.3 is 0 Å². The van der Waals surface area contributed by atoms with Crippen LogP contribution in [0.1, 0.15) is 17.2 Å². The van der Waals surface area contributed by atoms with Gasteiger partial charge in [0.2, 0.25) is 0 Å². The zero-order chi connectivity index (χ0) is 18.1. The van der Waals surface area contributed by atoms with Crippen LogP contribution in [0.4, 0.5) is 0 Å². The first-order valence-corrected chi connectivity index (χ1v) is 8.39. The zero-order valence-corrected chi connectivity index (χ0v) is 15.4. The summed E-state index contributed by atoms with van der Waals surface area (Å²) in [4.78, 5) is 12.3. The second-order valence-corrected chi connectivity index (χ2v) is 5.96. The van der Waals surface area contributed by atoms with E-state index in [2.05, 4.69) is 33.0 Å². The summed E-state index contributed by atoms with van der Waals surface area (Å²) in [7, 11) is 1.48. The Bertz CT molecular complexity index is 748. The van der Waals surface area contributed by atoms with Gasteiger partial charge in [-0.3, -0.25) is 4.79 Å². The lowest BCUT2D eigenvalue weighted by Crippen LogP contribution is -2.26. The molecule has 2 aromatic carbocycles. The number of rotatable bonds is 8. The highest BCUT2D eigenvalue weighted by Gasteiger charge is 2.19. The summed E-state index contributed by atoms with van der Waals surface area (Å²) < 4.78 is 11.7. The van der Waals surface area contributed by atoms with Crippen molar-refractivity contribution in [3.05, 3.63) is 76.8 Å². The number of hydrogen-bond donors (Lipinski definition) is 1. The number of carbonyl (C=O) groups is 1. The van der Waals surface area contributed by atoms with E-state index in [1.165, 1.54) is 13.3 Å². The molecule has 2 rings (SSSR count). The molecule has 1 unspecified atom stereocenters. The fourth-order valence-electron chi connectivity index (χ4n) is 2.15. The van der Waals surface area contributed by atoms with Crippen molar-refractivity contribution in [1.29, 1.82) is 0 Å². The molecular formula is C19H19BrN2O3. The molecule has 0 aliphatic carbocycles. The molecule has 130 valence electrons. The van der Waals surface area contributed by atoms with Crippen molar-refractivity contribution in [1.82, 2.24) is 5.43 Å². The summed E-state index contributed by atoms with van der Waals surface area (Å²) in [5.41, 5.74) is 3.98. The first kappa shape index (κ1) is 18.9. The molecule has 0 heterocycles. The minimum Gasteiger partial charge on any atom is -0.489 e. The van der Waals surface area contributed by atoms with E-state index < -0.39 is 6.10 Å². The molecule has 0 bridgehead atoms. The number of carbonyl (C=O) groups excluding carboxylic acids is 1. The van der Waals surface area contributed by atoms with E-state index >= 15 is 0 Å². The van der Waals surface area contributed by atoms with Crippen LogP contribution in [0.15, 0.2) is 70.8 Å². The lowest BCUT2D eigenvalue weighted by molar-refractivity contribution is -0.131. The number of nitrogens with one attached hydrogen (secondary N) is 1. The van der Waals surface area contributed by atoms with Gasteiger partial charge in [0, 0.05) is 17.1 Å². The van der Waals surface area contributed by atoms with Gasteiger partial charge in [0.05, 0.1) is 6.21 Å². The SMILES string of the molecule is C=CCOc1ccc(Br)cc1/C=N/NC(=O)C(OC)c1ccccc1. The number of amides is 1. The van der Waals surface area contributed by atoms with Gasteiger partial charge in [-0.15, -0.1) is 0 Å². The molecule has 1 atom stereocenters. The molecule has 1 amide bonds. The minimum absolute atomic E-state index is 0.353. The molecule has 0 radical (unpaired) electrons. The molecule has 2 aromatic rings. The third-order valence-electron chi connectivity index (χ3n) is 3.28. The highest BCUT2D eigenvalue weighted by molar-refractivity contribution is 9.10. The van der Waals surface area contributed by atoms with Crippen molar-refractivity contribution in [3.63, 3.8) is 0 Å². The summed E-state index contributed by atoms with van der Waals surface area (Å²) in [5.74, 6) is 0.293. The average molecular weight is 403 g/mol. The van der Waals surface area contributed by atoms with Crippen LogP contribution in [-0.4, -0.2) is 25.8 Å². The van der Waals surface area contributed by atoms with Gasteiger partial charge in [0.25, 0.3) is 5.91 Å². The van der Waals surface area contributed by atoms with Gasteiger partial charge < -0.3 is 9.47 Å². The predicted octanol–water partition coefficient (Wildman–Crippen LogP) is 3.85. The Labute approximate surface area is 155 Å². The smallest absolute Gasteiger partial charge is 0.273 e. The first-order valence-electron chi connectivity index (χ1n) is 7.59. The van der Waals surface area contributed by atoms with Gasteiger partial charge in [-0.2, -0.15) is 5.10 Å². The maximum absolute atomic E-state index is 12.3. The Kier molecular flexibility index (Phi) is 7.37. The Morgan fingerprint density at radius 1 is 1.32 bits per heavy atom. The largest absolute Gasteiger partial charge is 0.489 e. The van der Waals surface area contributed by atoms with E-state index in [1.54, 1.807) is 6.08 Å². The van der Waals surface area contributed by atoms with E-state index in [-0.39, 0.29) is 5.91 Å². The van der Waals surface area contributed by atoms with Crippen LogP contribution < -0.4 is 10.2 Å². The maximum Gasteiger partial charge on any atom is 0.273 e. The van der Waals surface area contributed by atoms with Crippen molar-refractivity contribution in [2.24, 2.45) is 5.10 Å². The Hall–Kier alpha value is -2.44. The number of hydrogen-bond acceptors (Lipinski definition) is 4. The third kappa shape index (κ3) is 5.55. The van der Waals surface area contributed by atoms with Crippen molar-refractivity contribution < 1.29 is 14.3 Å². The summed E-state index contributed by atoms with van der Waals surface area (Å²) in [6.45, 7) is 4.01. The van der Waals surface area contributed by atoms with Gasteiger partial charge in [-0.05, 0) is 23.8 Å². The molecule has 6 heteroatoms. The molecule has 0 aliphatic rings. The Balaban J connectivity index is 2.08. The minimum atomic E-state index is -0.725. The van der Waals surface area contributed by atoms with Crippen molar-refractivity contribution in [2.45, 2.75) is 6.10 Å². The highest BCUT2D eigenvalue weighted by Crippen LogP contribution is 2.22. The van der Waals surface area contributed by atoms with Gasteiger partial charge in [-0.25, -0.2) is 5.43 Å². The van der Waals surface area contributed by atoms with Crippen LogP contribution >= 0.6 is 15.9 Å². The quantitative estimate of drug-likeness (QED) is 0.414. The topological polar surface area (TPSA) is 59.9 Å². The van der Waals surface area contributed by atoms with Crippen molar-refractivity contribution in [2.75, 3.05) is 13.7 Å². The van der Waals surface area contributed by atoms with Gasteiger partial charge in [0.1, 0.15) is 12.4 Å². The molecule has 5 nitrogen and oxygen atoms in total. The standard InChI is InChI=1S/C19H19BrN2O3/c1-3-11-25-17-10-9-16(20)12-15(17)13-21-22-19(23)18(24-2)14-7-5-4-6-8-14/h3-10,12-13,18H,1,11H2,2H3,(H,22,23)/b21-13+. The number of methoxy groups -OCH3 is 1. The molecule has 0 saturated heterocycles. The summed E-state index contributed by atoms with van der Waals surface area (Å²) in [5, 5.41) is 4.01. The molecule has 0 aliphatic heterocycles. The third-order valence-corrected chi connectivity index (χ3v) is 3.78. The molecule has 0 fully saturated rings. The number of hydrazone groups is 1. The zero-order valence-electron chi connectivity index (χ0n) is 13.8. The van der Waals surface area contributed by atoms with E-state index in [9.17, 15) is 4.79 Å². The van der Waals surface area contributed by atoms with E-state index in [4.69, 9.17) is 9.47 Å². The highest BCUT2D eigenvalue weighted by atomic mass is 79.9. The normalized spacial score (nSPS) is 11.9. The molecule has 0 aromatic heterocycles. The fraction of sp³-hybridized carbons (Fsp3) is 0.158. The van der Waals surface area contributed by atoms with Crippen LogP contribution in [0.25, 0.3) is 0 Å². The summed E-state index contributed by atoms with van der Waals surface area (Å²) in [6.07, 6.45) is 2.46. The van der Waals surface area contributed by atoms with Crippen LogP contribution in [0, 0.1) is 0 Å². The summed E-state index contributed by atoms with van der Waals surface area (Å²) in [6, 6.07) is 14.8. The first-order chi connectivity index (χ1) is 12.2. The Morgan fingerprint density at radius 3 is 2.76 bits per heavy atom. The van der Waals surface area contributed by atoms with Crippen LogP contribution in [-0.2, 0) is 9.53 Å². The van der Waals surface area contributed by atoms with E-state index in [1.807, 2.05) is 48.5 Å². The van der Waals surface area contributed by atoms with Crippen LogP contribution in [0.5, 0.6) is 5.75 Å². The maximum atomic E-state index is 12.3. The fourth-order valence-corrected chi connectivity index (χ4v) is 2.53. The molecular weight excluding hydrogens is 384 g/mol. The second-order valence-electron chi connectivity index (χ2n) is 5.04. The van der Waals surface area contributed by atoms with Crippen molar-refractivity contribution in [3.8, 4) is 5.75 Å². The van der Waals surface area contributed by atoms with Crippen LogP contribution in [0.3, 0.4) is 0 Å².